The van der Waals surface area contributed by atoms with E-state index in [-0.39, 0.29) is 11.9 Å². The van der Waals surface area contributed by atoms with Crippen molar-refractivity contribution >= 4 is 5.91 Å². The average molecular weight is 256 g/mol. The van der Waals surface area contributed by atoms with Gasteiger partial charge in [-0.15, -0.1) is 0 Å². The van der Waals surface area contributed by atoms with Gasteiger partial charge in [-0.1, -0.05) is 51.9 Å². The van der Waals surface area contributed by atoms with Crippen molar-refractivity contribution in [3.63, 3.8) is 0 Å². The normalized spacial score (nSPS) is 12.4. The lowest BCUT2D eigenvalue weighted by molar-refractivity contribution is -0.130. The molecule has 1 atom stereocenters. The zero-order chi connectivity index (χ0) is 13.8. The highest BCUT2D eigenvalue weighted by atomic mass is 16.2. The first-order valence-corrected chi connectivity index (χ1v) is 7.54. The van der Waals surface area contributed by atoms with Gasteiger partial charge >= 0.3 is 0 Å². The van der Waals surface area contributed by atoms with Gasteiger partial charge in [0.2, 0.25) is 5.91 Å². The number of carbonyl (C=O) groups excluding carboxylic acids is 1. The lowest BCUT2D eigenvalue weighted by Gasteiger charge is -2.17. The van der Waals surface area contributed by atoms with Gasteiger partial charge in [-0.05, 0) is 19.9 Å². The zero-order valence-corrected chi connectivity index (χ0v) is 12.8. The molecule has 0 fully saturated rings. The van der Waals surface area contributed by atoms with Crippen molar-refractivity contribution in [1.29, 1.82) is 0 Å². The van der Waals surface area contributed by atoms with Crippen molar-refractivity contribution in [3.8, 4) is 0 Å². The first-order valence-electron chi connectivity index (χ1n) is 7.54. The molecule has 0 saturated carbocycles. The molecule has 0 spiro atoms. The molecule has 0 rings (SSSR count). The molecule has 1 amide bonds. The van der Waals surface area contributed by atoms with E-state index >= 15 is 0 Å². The molecule has 1 N–H and O–H groups in total. The number of rotatable bonds is 11. The standard InChI is InChI=1S/C15H32N2O/c1-5-6-7-8-9-10-11-12-13-16-14(2)15(18)17(3)4/h14,16H,5-13H2,1-4H3. The van der Waals surface area contributed by atoms with Crippen molar-refractivity contribution in [2.75, 3.05) is 20.6 Å². The molecule has 0 saturated heterocycles. The minimum Gasteiger partial charge on any atom is -0.347 e. The average Bonchev–Trinajstić information content (AvgIpc) is 2.35. The van der Waals surface area contributed by atoms with Crippen LogP contribution in [0.2, 0.25) is 0 Å². The third-order valence-corrected chi connectivity index (χ3v) is 3.29. The minimum absolute atomic E-state index is 0.0513. The Balaban J connectivity index is 3.27. The molecule has 3 nitrogen and oxygen atoms in total. The topological polar surface area (TPSA) is 32.3 Å². The first-order chi connectivity index (χ1) is 8.59. The quantitative estimate of drug-likeness (QED) is 0.576. The highest BCUT2D eigenvalue weighted by Gasteiger charge is 2.12. The van der Waals surface area contributed by atoms with Gasteiger partial charge in [0.25, 0.3) is 0 Å². The highest BCUT2D eigenvalue weighted by molar-refractivity contribution is 5.80. The smallest absolute Gasteiger partial charge is 0.238 e. The molecule has 108 valence electrons. The van der Waals surface area contributed by atoms with Crippen molar-refractivity contribution in [3.05, 3.63) is 0 Å². The second kappa shape index (κ2) is 11.5. The molecule has 0 aromatic rings. The van der Waals surface area contributed by atoms with Crippen molar-refractivity contribution < 1.29 is 4.79 Å². The van der Waals surface area contributed by atoms with E-state index < -0.39 is 0 Å². The molecule has 1 unspecified atom stereocenters. The predicted molar refractivity (Wildman–Crippen MR) is 78.8 cm³/mol. The second-order valence-corrected chi connectivity index (χ2v) is 5.38. The van der Waals surface area contributed by atoms with E-state index in [9.17, 15) is 4.79 Å². The molecule has 0 aliphatic heterocycles. The number of nitrogens with zero attached hydrogens (tertiary/aromatic N) is 1. The van der Waals surface area contributed by atoms with E-state index in [4.69, 9.17) is 0 Å². The molecule has 0 aliphatic rings. The van der Waals surface area contributed by atoms with E-state index in [1.165, 1.54) is 51.4 Å². The number of unbranched alkanes of at least 4 members (excludes halogenated alkanes) is 7. The van der Waals surface area contributed by atoms with E-state index in [0.717, 1.165) is 6.54 Å². The summed E-state index contributed by atoms with van der Waals surface area (Å²) in [5.74, 6) is 0.162. The number of amides is 1. The van der Waals surface area contributed by atoms with Crippen LogP contribution >= 0.6 is 0 Å². The first kappa shape index (κ1) is 17.4. The van der Waals surface area contributed by atoms with Crippen molar-refractivity contribution in [2.45, 2.75) is 71.3 Å². The summed E-state index contributed by atoms with van der Waals surface area (Å²) in [6.07, 6.45) is 10.6. The lowest BCUT2D eigenvalue weighted by atomic mass is 10.1. The van der Waals surface area contributed by atoms with Gasteiger partial charge in [-0.2, -0.15) is 0 Å². The summed E-state index contributed by atoms with van der Waals surface area (Å²) >= 11 is 0. The molecular weight excluding hydrogens is 224 g/mol. The van der Waals surface area contributed by atoms with Gasteiger partial charge in [0.15, 0.2) is 0 Å². The Bertz CT molecular complexity index is 205. The van der Waals surface area contributed by atoms with Gasteiger partial charge in [-0.25, -0.2) is 0 Å². The van der Waals surface area contributed by atoms with Crippen LogP contribution in [0.5, 0.6) is 0 Å². The molecule has 18 heavy (non-hydrogen) atoms. The van der Waals surface area contributed by atoms with Gasteiger partial charge in [0.05, 0.1) is 6.04 Å². The molecule has 0 aromatic heterocycles. The van der Waals surface area contributed by atoms with Crippen LogP contribution in [0.15, 0.2) is 0 Å². The maximum absolute atomic E-state index is 11.6. The Morgan fingerprint density at radius 2 is 1.50 bits per heavy atom. The molecule has 0 bridgehead atoms. The fraction of sp³-hybridized carbons (Fsp3) is 0.933. The van der Waals surface area contributed by atoms with E-state index in [1.807, 2.05) is 6.92 Å². The molecule has 0 aliphatic carbocycles. The summed E-state index contributed by atoms with van der Waals surface area (Å²) in [5, 5.41) is 3.28. The van der Waals surface area contributed by atoms with Crippen LogP contribution in [-0.4, -0.2) is 37.5 Å². The summed E-state index contributed by atoms with van der Waals surface area (Å²) in [6.45, 7) is 5.14. The maximum atomic E-state index is 11.6. The zero-order valence-electron chi connectivity index (χ0n) is 12.8. The van der Waals surface area contributed by atoms with E-state index in [0.29, 0.717) is 0 Å². The fourth-order valence-corrected chi connectivity index (χ4v) is 2.05. The van der Waals surface area contributed by atoms with Crippen LogP contribution < -0.4 is 5.32 Å². The predicted octanol–water partition coefficient (Wildman–Crippen LogP) is 3.19. The number of carbonyl (C=O) groups is 1. The number of hydrogen-bond acceptors (Lipinski definition) is 2. The molecule has 0 aromatic carbocycles. The fourth-order valence-electron chi connectivity index (χ4n) is 2.05. The summed E-state index contributed by atoms with van der Waals surface area (Å²) in [7, 11) is 3.60. The molecule has 3 heteroatoms. The van der Waals surface area contributed by atoms with Crippen LogP contribution in [-0.2, 0) is 4.79 Å². The second-order valence-electron chi connectivity index (χ2n) is 5.38. The largest absolute Gasteiger partial charge is 0.347 e. The van der Waals surface area contributed by atoms with Crippen LogP contribution in [0, 0.1) is 0 Å². The van der Waals surface area contributed by atoms with Crippen LogP contribution in [0.1, 0.15) is 65.2 Å². The third kappa shape index (κ3) is 9.46. The van der Waals surface area contributed by atoms with Gasteiger partial charge in [-0.3, -0.25) is 4.79 Å². The van der Waals surface area contributed by atoms with Gasteiger partial charge < -0.3 is 10.2 Å². The van der Waals surface area contributed by atoms with Crippen LogP contribution in [0.4, 0.5) is 0 Å². The molecule has 0 radical (unpaired) electrons. The third-order valence-electron chi connectivity index (χ3n) is 3.29. The summed E-state index contributed by atoms with van der Waals surface area (Å²) in [6, 6.07) is -0.0513. The highest BCUT2D eigenvalue weighted by Crippen LogP contribution is 2.07. The van der Waals surface area contributed by atoms with Crippen molar-refractivity contribution in [1.82, 2.24) is 10.2 Å². The Labute approximate surface area is 113 Å². The molecule has 0 heterocycles. The monoisotopic (exact) mass is 256 g/mol. The maximum Gasteiger partial charge on any atom is 0.238 e. The van der Waals surface area contributed by atoms with E-state index in [2.05, 4.69) is 12.2 Å². The Kier molecular flexibility index (Phi) is 11.2. The Hall–Kier alpha value is -0.570. The number of hydrogen-bond donors (Lipinski definition) is 1. The number of nitrogens with one attached hydrogen (secondary N) is 1. The Morgan fingerprint density at radius 3 is 2.00 bits per heavy atom. The van der Waals surface area contributed by atoms with E-state index in [1.54, 1.807) is 19.0 Å². The SMILES string of the molecule is CCCCCCCCCCNC(C)C(=O)N(C)C. The Morgan fingerprint density at radius 1 is 1.00 bits per heavy atom. The van der Waals surface area contributed by atoms with Crippen LogP contribution in [0.25, 0.3) is 0 Å². The minimum atomic E-state index is -0.0513. The number of likely N-dealkylation sites (N-methyl/N-ethyl adjacent to an activating group) is 1. The lowest BCUT2D eigenvalue weighted by Crippen LogP contribution is -2.41. The summed E-state index contributed by atoms with van der Waals surface area (Å²) < 4.78 is 0. The summed E-state index contributed by atoms with van der Waals surface area (Å²) in [4.78, 5) is 13.2. The van der Waals surface area contributed by atoms with Crippen LogP contribution in [0.3, 0.4) is 0 Å². The van der Waals surface area contributed by atoms with Gasteiger partial charge in [0.1, 0.15) is 0 Å². The summed E-state index contributed by atoms with van der Waals surface area (Å²) in [5.41, 5.74) is 0. The molecular formula is C15H32N2O. The van der Waals surface area contributed by atoms with Crippen molar-refractivity contribution in [2.24, 2.45) is 0 Å². The van der Waals surface area contributed by atoms with Gasteiger partial charge in [0, 0.05) is 14.1 Å².